The van der Waals surface area contributed by atoms with E-state index in [0.717, 1.165) is 11.1 Å². The van der Waals surface area contributed by atoms with Gasteiger partial charge >= 0.3 is 0 Å². The SMILES string of the molecule is CN1C(=O)C(Cc2ccccc2)N(C)C(=O)C1=Cc1cccnc1Br. The number of aromatic nitrogens is 1. The van der Waals surface area contributed by atoms with Gasteiger partial charge in [-0.2, -0.15) is 0 Å². The zero-order valence-corrected chi connectivity index (χ0v) is 15.6. The molecule has 2 aromatic rings. The van der Waals surface area contributed by atoms with Gasteiger partial charge in [-0.25, -0.2) is 4.98 Å². The predicted octanol–water partition coefficient (Wildman–Crippen LogP) is 2.73. The molecule has 3 rings (SSSR count). The third-order valence-electron chi connectivity index (χ3n) is 4.34. The Morgan fingerprint density at radius 2 is 1.84 bits per heavy atom. The van der Waals surface area contributed by atoms with E-state index in [2.05, 4.69) is 20.9 Å². The van der Waals surface area contributed by atoms with Crippen LogP contribution in [0.1, 0.15) is 11.1 Å². The highest BCUT2D eigenvalue weighted by atomic mass is 79.9. The van der Waals surface area contributed by atoms with E-state index < -0.39 is 6.04 Å². The number of piperazine rings is 1. The van der Waals surface area contributed by atoms with Crippen molar-refractivity contribution >= 4 is 33.8 Å². The highest BCUT2D eigenvalue weighted by molar-refractivity contribution is 9.10. The lowest BCUT2D eigenvalue weighted by Gasteiger charge is -2.38. The molecule has 6 heteroatoms. The maximum absolute atomic E-state index is 12.8. The van der Waals surface area contributed by atoms with E-state index in [-0.39, 0.29) is 11.8 Å². The van der Waals surface area contributed by atoms with Crippen LogP contribution in [-0.4, -0.2) is 46.7 Å². The number of amides is 2. The summed E-state index contributed by atoms with van der Waals surface area (Å²) in [5.41, 5.74) is 2.11. The van der Waals surface area contributed by atoms with Crippen molar-refractivity contribution in [1.29, 1.82) is 0 Å². The summed E-state index contributed by atoms with van der Waals surface area (Å²) in [6.07, 6.45) is 3.84. The monoisotopic (exact) mass is 399 g/mol. The number of benzene rings is 1. The lowest BCUT2D eigenvalue weighted by atomic mass is 10.0. The second kappa shape index (κ2) is 7.19. The molecule has 1 fully saturated rings. The van der Waals surface area contributed by atoms with Gasteiger partial charge in [0.1, 0.15) is 16.3 Å². The molecular weight excluding hydrogens is 382 g/mol. The highest BCUT2D eigenvalue weighted by Gasteiger charge is 2.39. The number of hydrogen-bond acceptors (Lipinski definition) is 3. The molecule has 5 nitrogen and oxygen atoms in total. The predicted molar refractivity (Wildman–Crippen MR) is 99.4 cm³/mol. The van der Waals surface area contributed by atoms with Gasteiger partial charge in [-0.15, -0.1) is 0 Å². The van der Waals surface area contributed by atoms with Crippen LogP contribution in [0.25, 0.3) is 6.08 Å². The molecule has 0 aliphatic carbocycles. The number of nitrogens with zero attached hydrogens (tertiary/aromatic N) is 3. The summed E-state index contributed by atoms with van der Waals surface area (Å²) >= 11 is 3.37. The number of halogens is 1. The molecule has 1 aromatic heterocycles. The lowest BCUT2D eigenvalue weighted by Crippen LogP contribution is -2.56. The summed E-state index contributed by atoms with van der Waals surface area (Å²) in [5.74, 6) is -0.281. The molecule has 0 bridgehead atoms. The van der Waals surface area contributed by atoms with Crippen molar-refractivity contribution in [2.75, 3.05) is 14.1 Å². The van der Waals surface area contributed by atoms with Crippen molar-refractivity contribution in [2.45, 2.75) is 12.5 Å². The number of carbonyl (C=O) groups is 2. The molecule has 0 radical (unpaired) electrons. The fraction of sp³-hybridized carbons (Fsp3) is 0.211. The minimum atomic E-state index is -0.505. The minimum absolute atomic E-state index is 0.0998. The van der Waals surface area contributed by atoms with Crippen molar-refractivity contribution in [3.8, 4) is 0 Å². The average Bonchev–Trinajstić information content (AvgIpc) is 2.63. The second-order valence-corrected chi connectivity index (χ2v) is 6.68. The second-order valence-electron chi connectivity index (χ2n) is 5.93. The van der Waals surface area contributed by atoms with Crippen LogP contribution in [0.3, 0.4) is 0 Å². The van der Waals surface area contributed by atoms with Crippen LogP contribution in [-0.2, 0) is 16.0 Å². The third-order valence-corrected chi connectivity index (χ3v) is 5.00. The van der Waals surface area contributed by atoms with E-state index in [9.17, 15) is 9.59 Å². The Kier molecular flexibility index (Phi) is 4.99. The Morgan fingerprint density at radius 3 is 2.52 bits per heavy atom. The molecule has 1 aliphatic rings. The topological polar surface area (TPSA) is 53.5 Å². The summed E-state index contributed by atoms with van der Waals surface area (Å²) in [6, 6.07) is 12.8. The molecule has 0 saturated carbocycles. The summed E-state index contributed by atoms with van der Waals surface area (Å²) in [7, 11) is 3.31. The molecule has 0 N–H and O–H groups in total. The first-order valence-electron chi connectivity index (χ1n) is 7.90. The van der Waals surface area contributed by atoms with Gasteiger partial charge in [-0.1, -0.05) is 36.4 Å². The molecule has 1 aromatic carbocycles. The van der Waals surface area contributed by atoms with Crippen LogP contribution in [0.4, 0.5) is 0 Å². The molecule has 1 aliphatic heterocycles. The Balaban J connectivity index is 1.91. The van der Waals surface area contributed by atoms with E-state index in [1.165, 1.54) is 9.80 Å². The fourth-order valence-electron chi connectivity index (χ4n) is 2.85. The van der Waals surface area contributed by atoms with Gasteiger partial charge < -0.3 is 9.80 Å². The van der Waals surface area contributed by atoms with Gasteiger partial charge in [0.25, 0.3) is 5.91 Å². The molecule has 128 valence electrons. The summed E-state index contributed by atoms with van der Waals surface area (Å²) in [5, 5.41) is 0. The Labute approximate surface area is 155 Å². The zero-order chi connectivity index (χ0) is 18.0. The zero-order valence-electron chi connectivity index (χ0n) is 14.0. The first kappa shape index (κ1) is 17.4. The quantitative estimate of drug-likeness (QED) is 0.588. The van der Waals surface area contributed by atoms with E-state index in [1.807, 2.05) is 36.4 Å². The molecule has 2 heterocycles. The van der Waals surface area contributed by atoms with Gasteiger partial charge in [-0.05, 0) is 33.6 Å². The molecule has 1 unspecified atom stereocenters. The first-order valence-corrected chi connectivity index (χ1v) is 8.69. The molecule has 1 saturated heterocycles. The summed E-state index contributed by atoms with van der Waals surface area (Å²) in [4.78, 5) is 32.8. The Morgan fingerprint density at radius 1 is 1.12 bits per heavy atom. The number of pyridine rings is 1. The summed E-state index contributed by atoms with van der Waals surface area (Å²) < 4.78 is 0.630. The smallest absolute Gasteiger partial charge is 0.271 e. The average molecular weight is 400 g/mol. The van der Waals surface area contributed by atoms with Crippen LogP contribution in [0, 0.1) is 0 Å². The van der Waals surface area contributed by atoms with Crippen molar-refractivity contribution in [2.24, 2.45) is 0 Å². The van der Waals surface area contributed by atoms with Gasteiger partial charge in [0.15, 0.2) is 0 Å². The van der Waals surface area contributed by atoms with E-state index in [0.29, 0.717) is 16.7 Å². The maximum Gasteiger partial charge on any atom is 0.271 e. The Bertz CT molecular complexity index is 836. The third kappa shape index (κ3) is 3.49. The van der Waals surface area contributed by atoms with Gasteiger partial charge in [0.2, 0.25) is 5.91 Å². The van der Waals surface area contributed by atoms with Crippen LogP contribution >= 0.6 is 15.9 Å². The maximum atomic E-state index is 12.8. The fourth-order valence-corrected chi connectivity index (χ4v) is 3.21. The molecule has 1 atom stereocenters. The van der Waals surface area contributed by atoms with E-state index in [1.54, 1.807) is 32.4 Å². The van der Waals surface area contributed by atoms with Crippen LogP contribution in [0.2, 0.25) is 0 Å². The van der Waals surface area contributed by atoms with Crippen LogP contribution < -0.4 is 0 Å². The normalized spacial score (nSPS) is 19.6. The van der Waals surface area contributed by atoms with Gasteiger partial charge in [0.05, 0.1) is 0 Å². The highest BCUT2D eigenvalue weighted by Crippen LogP contribution is 2.25. The van der Waals surface area contributed by atoms with E-state index >= 15 is 0 Å². The minimum Gasteiger partial charge on any atom is -0.328 e. The van der Waals surface area contributed by atoms with Crippen molar-refractivity contribution < 1.29 is 9.59 Å². The number of rotatable bonds is 3. The number of likely N-dealkylation sites (N-methyl/N-ethyl adjacent to an activating group) is 2. The van der Waals surface area contributed by atoms with Gasteiger partial charge in [0, 0.05) is 32.3 Å². The number of carbonyl (C=O) groups excluding carboxylic acids is 2. The van der Waals surface area contributed by atoms with Crippen LogP contribution in [0.5, 0.6) is 0 Å². The standard InChI is InChI=1S/C19H18BrN3O2/c1-22-15(11-13-7-4-3-5-8-13)18(24)23(2)16(19(22)25)12-14-9-6-10-21-17(14)20/h3-10,12,15H,11H2,1-2H3. The van der Waals surface area contributed by atoms with Crippen LogP contribution in [0.15, 0.2) is 59.0 Å². The molecular formula is C19H18BrN3O2. The lowest BCUT2D eigenvalue weighted by molar-refractivity contribution is -0.148. The molecule has 2 amide bonds. The summed E-state index contributed by atoms with van der Waals surface area (Å²) in [6.45, 7) is 0. The van der Waals surface area contributed by atoms with Crippen molar-refractivity contribution in [3.05, 3.63) is 70.1 Å². The van der Waals surface area contributed by atoms with Crippen molar-refractivity contribution in [3.63, 3.8) is 0 Å². The largest absolute Gasteiger partial charge is 0.328 e. The Hall–Kier alpha value is -2.47. The first-order chi connectivity index (χ1) is 12.0. The molecule has 25 heavy (non-hydrogen) atoms. The van der Waals surface area contributed by atoms with Gasteiger partial charge in [-0.3, -0.25) is 9.59 Å². The van der Waals surface area contributed by atoms with Crippen molar-refractivity contribution in [1.82, 2.24) is 14.8 Å². The van der Waals surface area contributed by atoms with E-state index in [4.69, 9.17) is 0 Å². The number of hydrogen-bond donors (Lipinski definition) is 0. The molecule has 0 spiro atoms.